The fourth-order valence-electron chi connectivity index (χ4n) is 4.82. The summed E-state index contributed by atoms with van der Waals surface area (Å²) in [5, 5.41) is 2.23. The van der Waals surface area contributed by atoms with E-state index in [1.54, 1.807) is 12.1 Å². The van der Waals surface area contributed by atoms with Crippen molar-refractivity contribution in [2.75, 3.05) is 0 Å². The van der Waals surface area contributed by atoms with Crippen LogP contribution < -0.4 is 0 Å². The molecule has 37 heavy (non-hydrogen) atoms. The minimum absolute atomic E-state index is 0.157. The van der Waals surface area contributed by atoms with Gasteiger partial charge < -0.3 is 0 Å². The zero-order valence-electron chi connectivity index (χ0n) is 19.6. The molecule has 1 atom stereocenters. The van der Waals surface area contributed by atoms with Crippen LogP contribution in [-0.4, -0.2) is 29.9 Å². The van der Waals surface area contributed by atoms with Crippen molar-refractivity contribution >= 4 is 103 Å². The van der Waals surface area contributed by atoms with Gasteiger partial charge >= 0.3 is 0 Å². The van der Waals surface area contributed by atoms with E-state index in [0.29, 0.717) is 72.1 Å². The van der Waals surface area contributed by atoms with Gasteiger partial charge in [-0.2, -0.15) is 0 Å². The Labute approximate surface area is 231 Å². The predicted molar refractivity (Wildman–Crippen MR) is 151 cm³/mol. The average Bonchev–Trinajstić information content (AvgIpc) is 3.00. The van der Waals surface area contributed by atoms with Gasteiger partial charge in [0.15, 0.2) is 0 Å². The van der Waals surface area contributed by atoms with Crippen molar-refractivity contribution in [3.8, 4) is 0 Å². The van der Waals surface area contributed by atoms with Crippen molar-refractivity contribution in [3.05, 3.63) is 66.7 Å². The molecule has 7 rings (SSSR count). The van der Waals surface area contributed by atoms with Crippen LogP contribution in [0.3, 0.4) is 0 Å². The minimum Gasteiger partial charge on any atom is -0.246 e. The normalized spacial score (nSPS) is 17.5. The first kappa shape index (κ1) is 23.2. The van der Waals surface area contributed by atoms with Crippen LogP contribution in [0.15, 0.2) is 33.8 Å². The molecule has 2 aliphatic carbocycles. The van der Waals surface area contributed by atoms with Gasteiger partial charge in [0.05, 0.1) is 43.9 Å². The first-order valence-electron chi connectivity index (χ1n) is 11.7. The molecule has 0 N–H and O–H groups in total. The number of aromatic nitrogens is 6. The second kappa shape index (κ2) is 8.30. The van der Waals surface area contributed by atoms with Gasteiger partial charge in [-0.05, 0) is 49.1 Å². The molecule has 5 aromatic rings. The van der Waals surface area contributed by atoms with Gasteiger partial charge in [-0.3, -0.25) is 0 Å². The SMILES string of the molecule is CC1=Cc2nc3c4nc5c(nc4c4nc6cc(Cl)c(Cl)cc6nc4c3nc2CC=C1Cl)C=C(Cl)C(C)C5. The predicted octanol–water partition coefficient (Wildman–Crippen LogP) is 7.83. The maximum Gasteiger partial charge on any atom is 0.120 e. The third kappa shape index (κ3) is 3.62. The second-order valence-electron chi connectivity index (χ2n) is 9.40. The highest BCUT2D eigenvalue weighted by Gasteiger charge is 2.24. The molecule has 3 aromatic heterocycles. The van der Waals surface area contributed by atoms with Crippen molar-refractivity contribution < 1.29 is 0 Å². The van der Waals surface area contributed by atoms with E-state index in [-0.39, 0.29) is 5.92 Å². The van der Waals surface area contributed by atoms with E-state index in [4.69, 9.17) is 76.3 Å². The summed E-state index contributed by atoms with van der Waals surface area (Å²) in [5.41, 5.74) is 8.80. The lowest BCUT2D eigenvalue weighted by Crippen LogP contribution is -2.12. The van der Waals surface area contributed by atoms with Gasteiger partial charge in [-0.15, -0.1) is 0 Å². The van der Waals surface area contributed by atoms with Crippen molar-refractivity contribution in [2.24, 2.45) is 5.92 Å². The Morgan fingerprint density at radius 3 is 1.81 bits per heavy atom. The lowest BCUT2D eigenvalue weighted by Gasteiger charge is -2.19. The van der Waals surface area contributed by atoms with E-state index < -0.39 is 0 Å². The molecule has 1 unspecified atom stereocenters. The summed E-state index contributed by atoms with van der Waals surface area (Å²) < 4.78 is 0. The highest BCUT2D eigenvalue weighted by molar-refractivity contribution is 6.42. The zero-order chi connectivity index (χ0) is 25.6. The van der Waals surface area contributed by atoms with E-state index >= 15 is 0 Å². The molecular formula is C27H16Cl4N6. The molecule has 2 aromatic carbocycles. The van der Waals surface area contributed by atoms with Crippen LogP contribution in [0.5, 0.6) is 0 Å². The molecule has 2 aliphatic rings. The smallest absolute Gasteiger partial charge is 0.120 e. The van der Waals surface area contributed by atoms with Crippen LogP contribution >= 0.6 is 46.4 Å². The maximum atomic E-state index is 6.48. The summed E-state index contributed by atoms with van der Waals surface area (Å²) in [6.45, 7) is 4.03. The Morgan fingerprint density at radius 2 is 1.19 bits per heavy atom. The van der Waals surface area contributed by atoms with E-state index in [1.165, 1.54) is 0 Å². The quantitative estimate of drug-likeness (QED) is 0.141. The van der Waals surface area contributed by atoms with Gasteiger partial charge in [0, 0.05) is 16.5 Å². The van der Waals surface area contributed by atoms with Crippen LogP contribution in [0.1, 0.15) is 36.6 Å². The summed E-state index contributed by atoms with van der Waals surface area (Å²) in [4.78, 5) is 30.0. The monoisotopic (exact) mass is 564 g/mol. The summed E-state index contributed by atoms with van der Waals surface area (Å²) in [7, 11) is 0. The highest BCUT2D eigenvalue weighted by atomic mass is 35.5. The number of nitrogens with zero attached hydrogens (tertiary/aromatic N) is 6. The molecule has 0 spiro atoms. The number of rotatable bonds is 0. The second-order valence-corrected chi connectivity index (χ2v) is 11.1. The van der Waals surface area contributed by atoms with Crippen LogP contribution in [0.25, 0.3) is 56.3 Å². The summed E-state index contributed by atoms with van der Waals surface area (Å²) >= 11 is 25.5. The Bertz CT molecular complexity index is 1960. The number of fused-ring (bicyclic) bond motifs is 9. The minimum atomic E-state index is 0.157. The number of allylic oxidation sites excluding steroid dienone is 4. The summed E-state index contributed by atoms with van der Waals surface area (Å²) in [6, 6.07) is 3.41. The van der Waals surface area contributed by atoms with Crippen LogP contribution in [-0.2, 0) is 12.8 Å². The molecule has 10 heteroatoms. The van der Waals surface area contributed by atoms with Crippen LogP contribution in [0.4, 0.5) is 0 Å². The first-order valence-corrected chi connectivity index (χ1v) is 13.2. The van der Waals surface area contributed by atoms with E-state index in [2.05, 4.69) is 6.92 Å². The van der Waals surface area contributed by atoms with Crippen LogP contribution in [0.2, 0.25) is 10.0 Å². The summed E-state index contributed by atoms with van der Waals surface area (Å²) in [6.07, 6.45) is 7.00. The first-order chi connectivity index (χ1) is 17.8. The molecule has 6 nitrogen and oxygen atoms in total. The third-order valence-corrected chi connectivity index (χ3v) is 8.48. The van der Waals surface area contributed by atoms with Gasteiger partial charge in [-0.1, -0.05) is 59.4 Å². The molecule has 0 amide bonds. The average molecular weight is 566 g/mol. The number of hydrogen-bond acceptors (Lipinski definition) is 6. The number of halogens is 4. The number of hydrogen-bond donors (Lipinski definition) is 0. The largest absolute Gasteiger partial charge is 0.246 e. The molecule has 0 saturated heterocycles. The lowest BCUT2D eigenvalue weighted by atomic mass is 9.97. The Hall–Kier alpha value is -2.90. The summed E-state index contributed by atoms with van der Waals surface area (Å²) in [5.74, 6) is 0.157. The molecule has 0 fully saturated rings. The standard InChI is InChI=1S/C27H16Cl4N6/c1-10-5-17-16(4-3-12(10)28)32-22-23(33-17)25-27(35-19-7-13(29)11(2)6-18(19)34-25)26-24(22)36-20-8-14(30)15(31)9-21(20)37-26/h3,5,7-9,11H,4,6H2,1-2H3. The van der Waals surface area contributed by atoms with Crippen molar-refractivity contribution in [1.29, 1.82) is 0 Å². The van der Waals surface area contributed by atoms with E-state index in [0.717, 1.165) is 33.4 Å². The molecular weight excluding hydrogens is 550 g/mol. The van der Waals surface area contributed by atoms with E-state index in [9.17, 15) is 0 Å². The van der Waals surface area contributed by atoms with Gasteiger partial charge in [0.25, 0.3) is 0 Å². The highest BCUT2D eigenvalue weighted by Crippen LogP contribution is 2.37. The third-order valence-electron chi connectivity index (χ3n) is 6.83. The fourth-order valence-corrected chi connectivity index (χ4v) is 5.45. The maximum absolute atomic E-state index is 6.48. The van der Waals surface area contributed by atoms with Crippen LogP contribution in [0, 0.1) is 5.92 Å². The molecule has 0 bridgehead atoms. The molecule has 0 radical (unpaired) electrons. The molecule has 0 saturated carbocycles. The van der Waals surface area contributed by atoms with Crippen molar-refractivity contribution in [2.45, 2.75) is 26.7 Å². The fraction of sp³-hybridized carbons (Fsp3) is 0.185. The van der Waals surface area contributed by atoms with Crippen molar-refractivity contribution in [1.82, 2.24) is 29.9 Å². The van der Waals surface area contributed by atoms with Gasteiger partial charge in [0.2, 0.25) is 0 Å². The Kier molecular flexibility index (Phi) is 5.21. The van der Waals surface area contributed by atoms with E-state index in [1.807, 2.05) is 25.2 Å². The lowest BCUT2D eigenvalue weighted by molar-refractivity contribution is 0.685. The van der Waals surface area contributed by atoms with Crippen molar-refractivity contribution in [3.63, 3.8) is 0 Å². The van der Waals surface area contributed by atoms with Gasteiger partial charge in [-0.25, -0.2) is 29.9 Å². The zero-order valence-corrected chi connectivity index (χ0v) is 22.6. The van der Waals surface area contributed by atoms with Gasteiger partial charge in [0.1, 0.15) is 33.1 Å². The molecule has 3 heterocycles. The topological polar surface area (TPSA) is 77.3 Å². The Balaban J connectivity index is 1.68. The number of benzene rings is 2. The molecule has 182 valence electrons. The Morgan fingerprint density at radius 1 is 0.676 bits per heavy atom. The molecule has 0 aliphatic heterocycles.